The van der Waals surface area contributed by atoms with Crippen LogP contribution in [0.4, 0.5) is 0 Å². The first-order valence-corrected chi connectivity index (χ1v) is 6.60. The molecule has 84 valence electrons. The summed E-state index contributed by atoms with van der Waals surface area (Å²) < 4.78 is 23.6. The molecule has 2 N–H and O–H groups in total. The topological polar surface area (TPSA) is 60.2 Å². The fraction of sp³-hybridized carbons (Fsp3) is 0.400. The molecular weight excluding hydrogens is 234 g/mol. The Morgan fingerprint density at radius 3 is 2.53 bits per heavy atom. The standard InChI is InChI=1S/C10H14ClNO2S/c1-7-5-9(3-4-10(7)11)15(13,14)6-8(2)12/h3-5,8H,6,12H2,1-2H3. The van der Waals surface area contributed by atoms with E-state index < -0.39 is 9.84 Å². The summed E-state index contributed by atoms with van der Waals surface area (Å²) in [5.74, 6) is -0.0475. The molecule has 0 aliphatic heterocycles. The van der Waals surface area contributed by atoms with Crippen LogP contribution in [0, 0.1) is 6.92 Å². The van der Waals surface area contributed by atoms with E-state index in [-0.39, 0.29) is 16.7 Å². The summed E-state index contributed by atoms with van der Waals surface area (Å²) in [5, 5.41) is 0.565. The Kier molecular flexibility index (Phi) is 3.76. The second-order valence-electron chi connectivity index (χ2n) is 3.67. The largest absolute Gasteiger partial charge is 0.327 e. The maximum atomic E-state index is 11.8. The number of hydrogen-bond donors (Lipinski definition) is 1. The minimum atomic E-state index is -3.28. The van der Waals surface area contributed by atoms with Crippen molar-refractivity contribution in [1.82, 2.24) is 0 Å². The number of benzene rings is 1. The Morgan fingerprint density at radius 1 is 1.47 bits per heavy atom. The van der Waals surface area contributed by atoms with E-state index in [2.05, 4.69) is 0 Å². The van der Waals surface area contributed by atoms with Crippen LogP contribution in [0.1, 0.15) is 12.5 Å². The van der Waals surface area contributed by atoms with E-state index in [1.54, 1.807) is 26.0 Å². The molecule has 0 aromatic heterocycles. The van der Waals surface area contributed by atoms with Crippen molar-refractivity contribution in [2.24, 2.45) is 5.73 Å². The van der Waals surface area contributed by atoms with Gasteiger partial charge in [-0.25, -0.2) is 8.42 Å². The lowest BCUT2D eigenvalue weighted by molar-refractivity contribution is 0.590. The molecule has 1 aromatic carbocycles. The molecule has 5 heteroatoms. The zero-order valence-corrected chi connectivity index (χ0v) is 10.3. The third-order valence-electron chi connectivity index (χ3n) is 1.97. The molecular formula is C10H14ClNO2S. The SMILES string of the molecule is Cc1cc(S(=O)(=O)CC(C)N)ccc1Cl. The number of rotatable bonds is 3. The van der Waals surface area contributed by atoms with Crippen LogP contribution in [0.2, 0.25) is 5.02 Å². The van der Waals surface area contributed by atoms with Gasteiger partial charge in [0.15, 0.2) is 9.84 Å². The van der Waals surface area contributed by atoms with Crippen molar-refractivity contribution >= 4 is 21.4 Å². The van der Waals surface area contributed by atoms with Crippen molar-refractivity contribution in [2.45, 2.75) is 24.8 Å². The molecule has 0 aliphatic carbocycles. The van der Waals surface area contributed by atoms with Crippen LogP contribution in [0.3, 0.4) is 0 Å². The summed E-state index contributed by atoms with van der Waals surface area (Å²) in [5.41, 5.74) is 6.23. The van der Waals surface area contributed by atoms with Gasteiger partial charge >= 0.3 is 0 Å². The highest BCUT2D eigenvalue weighted by molar-refractivity contribution is 7.91. The molecule has 0 heterocycles. The normalized spacial score (nSPS) is 13.9. The quantitative estimate of drug-likeness (QED) is 0.886. The molecule has 3 nitrogen and oxygen atoms in total. The van der Waals surface area contributed by atoms with Gasteiger partial charge in [-0.05, 0) is 37.6 Å². The summed E-state index contributed by atoms with van der Waals surface area (Å²) in [6.45, 7) is 3.44. The van der Waals surface area contributed by atoms with Crippen LogP contribution in [-0.4, -0.2) is 20.2 Å². The Hall–Kier alpha value is -0.580. The summed E-state index contributed by atoms with van der Waals surface area (Å²) in [7, 11) is -3.28. The van der Waals surface area contributed by atoms with Crippen LogP contribution in [-0.2, 0) is 9.84 Å². The fourth-order valence-corrected chi connectivity index (χ4v) is 2.89. The van der Waals surface area contributed by atoms with Gasteiger partial charge < -0.3 is 5.73 Å². The zero-order chi connectivity index (χ0) is 11.6. The zero-order valence-electron chi connectivity index (χ0n) is 8.70. The van der Waals surface area contributed by atoms with E-state index in [4.69, 9.17) is 17.3 Å². The summed E-state index contributed by atoms with van der Waals surface area (Å²) in [6.07, 6.45) is 0. The Balaban J connectivity index is 3.11. The van der Waals surface area contributed by atoms with E-state index in [1.165, 1.54) is 6.07 Å². The van der Waals surface area contributed by atoms with Gasteiger partial charge in [-0.3, -0.25) is 0 Å². The monoisotopic (exact) mass is 247 g/mol. The van der Waals surface area contributed by atoms with Crippen molar-refractivity contribution < 1.29 is 8.42 Å². The van der Waals surface area contributed by atoms with Gasteiger partial charge in [0.05, 0.1) is 10.6 Å². The number of halogens is 1. The van der Waals surface area contributed by atoms with Gasteiger partial charge in [-0.1, -0.05) is 11.6 Å². The van der Waals surface area contributed by atoms with E-state index in [0.29, 0.717) is 5.02 Å². The van der Waals surface area contributed by atoms with Gasteiger partial charge in [-0.15, -0.1) is 0 Å². The van der Waals surface area contributed by atoms with Crippen LogP contribution in [0.5, 0.6) is 0 Å². The summed E-state index contributed by atoms with van der Waals surface area (Å²) >= 11 is 5.82. The minimum absolute atomic E-state index is 0.0475. The molecule has 0 aliphatic rings. The number of sulfone groups is 1. The molecule has 0 saturated heterocycles. The highest BCUT2D eigenvalue weighted by Crippen LogP contribution is 2.20. The van der Waals surface area contributed by atoms with Crippen LogP contribution in [0.15, 0.2) is 23.1 Å². The van der Waals surface area contributed by atoms with Gasteiger partial charge in [0.2, 0.25) is 0 Å². The smallest absolute Gasteiger partial charge is 0.179 e. The average Bonchev–Trinajstić information content (AvgIpc) is 2.07. The lowest BCUT2D eigenvalue weighted by Gasteiger charge is -2.08. The number of aryl methyl sites for hydroxylation is 1. The second-order valence-corrected chi connectivity index (χ2v) is 6.11. The van der Waals surface area contributed by atoms with Gasteiger partial charge in [0.25, 0.3) is 0 Å². The van der Waals surface area contributed by atoms with Crippen molar-refractivity contribution in [3.05, 3.63) is 28.8 Å². The molecule has 1 unspecified atom stereocenters. The highest BCUT2D eigenvalue weighted by atomic mass is 35.5. The first-order chi connectivity index (χ1) is 6.83. The molecule has 0 spiro atoms. The molecule has 0 bridgehead atoms. The lowest BCUT2D eigenvalue weighted by Crippen LogP contribution is -2.26. The molecule has 0 amide bonds. The first kappa shape index (κ1) is 12.5. The molecule has 0 saturated carbocycles. The predicted octanol–water partition coefficient (Wildman–Crippen LogP) is 1.77. The van der Waals surface area contributed by atoms with E-state index >= 15 is 0 Å². The van der Waals surface area contributed by atoms with Gasteiger partial charge in [0, 0.05) is 11.1 Å². The van der Waals surface area contributed by atoms with Crippen molar-refractivity contribution in [2.75, 3.05) is 5.75 Å². The van der Waals surface area contributed by atoms with Crippen molar-refractivity contribution in [3.63, 3.8) is 0 Å². The molecule has 1 aromatic rings. The molecule has 0 fully saturated rings. The van der Waals surface area contributed by atoms with E-state index in [1.807, 2.05) is 0 Å². The number of nitrogens with two attached hydrogens (primary N) is 1. The average molecular weight is 248 g/mol. The van der Waals surface area contributed by atoms with Crippen molar-refractivity contribution in [1.29, 1.82) is 0 Å². The van der Waals surface area contributed by atoms with E-state index in [0.717, 1.165) is 5.56 Å². The molecule has 1 rings (SSSR count). The Morgan fingerprint density at radius 2 is 2.07 bits per heavy atom. The van der Waals surface area contributed by atoms with Crippen molar-refractivity contribution in [3.8, 4) is 0 Å². The third kappa shape index (κ3) is 3.19. The molecule has 15 heavy (non-hydrogen) atoms. The second kappa shape index (κ2) is 4.51. The van der Waals surface area contributed by atoms with Gasteiger partial charge in [-0.2, -0.15) is 0 Å². The predicted molar refractivity (Wildman–Crippen MR) is 61.9 cm³/mol. The van der Waals surface area contributed by atoms with Gasteiger partial charge in [0.1, 0.15) is 0 Å². The van der Waals surface area contributed by atoms with Crippen LogP contribution in [0.25, 0.3) is 0 Å². The highest BCUT2D eigenvalue weighted by Gasteiger charge is 2.16. The lowest BCUT2D eigenvalue weighted by atomic mass is 10.2. The fourth-order valence-electron chi connectivity index (χ4n) is 1.25. The molecule has 1 atom stereocenters. The number of hydrogen-bond acceptors (Lipinski definition) is 3. The maximum Gasteiger partial charge on any atom is 0.179 e. The Bertz CT molecular complexity index is 454. The summed E-state index contributed by atoms with van der Waals surface area (Å²) in [4.78, 5) is 0.279. The third-order valence-corrected chi connectivity index (χ3v) is 4.33. The van der Waals surface area contributed by atoms with Crippen LogP contribution < -0.4 is 5.73 Å². The summed E-state index contributed by atoms with van der Waals surface area (Å²) in [6, 6.07) is 4.30. The Labute approximate surface area is 95.2 Å². The minimum Gasteiger partial charge on any atom is -0.327 e. The van der Waals surface area contributed by atoms with Crippen LogP contribution >= 0.6 is 11.6 Å². The molecule has 0 radical (unpaired) electrons. The van der Waals surface area contributed by atoms with E-state index in [9.17, 15) is 8.42 Å². The maximum absolute atomic E-state index is 11.8. The first-order valence-electron chi connectivity index (χ1n) is 4.57.